The van der Waals surface area contributed by atoms with Crippen LogP contribution in [0.2, 0.25) is 0 Å². The minimum atomic E-state index is -0.490. The first-order chi connectivity index (χ1) is 14.0. The summed E-state index contributed by atoms with van der Waals surface area (Å²) in [6.45, 7) is 4.92. The Balaban J connectivity index is 1.43. The number of aromatic nitrogens is 2. The number of benzene rings is 2. The van der Waals surface area contributed by atoms with Crippen LogP contribution in [0.4, 0.5) is 0 Å². The summed E-state index contributed by atoms with van der Waals surface area (Å²) in [6.07, 6.45) is 0.635. The van der Waals surface area contributed by atoms with Gasteiger partial charge in [-0.1, -0.05) is 44.2 Å². The van der Waals surface area contributed by atoms with Crippen molar-refractivity contribution in [3.63, 3.8) is 0 Å². The second-order valence-corrected chi connectivity index (χ2v) is 7.90. The summed E-state index contributed by atoms with van der Waals surface area (Å²) < 4.78 is 2.06. The molecule has 2 amide bonds. The number of fused-ring (bicyclic) bond motifs is 2. The van der Waals surface area contributed by atoms with Crippen molar-refractivity contribution in [3.8, 4) is 0 Å². The molecule has 0 aliphatic carbocycles. The van der Waals surface area contributed by atoms with Gasteiger partial charge >= 0.3 is 0 Å². The average molecular weight is 390 g/mol. The van der Waals surface area contributed by atoms with Crippen LogP contribution in [0, 0.1) is 5.92 Å². The lowest BCUT2D eigenvalue weighted by Gasteiger charge is -2.29. The number of para-hydroxylation sites is 2. The number of amides is 2. The van der Waals surface area contributed by atoms with Crippen molar-refractivity contribution in [2.75, 3.05) is 6.54 Å². The highest BCUT2D eigenvalue weighted by Gasteiger charge is 2.37. The van der Waals surface area contributed by atoms with E-state index in [4.69, 9.17) is 0 Å². The van der Waals surface area contributed by atoms with E-state index in [9.17, 15) is 9.59 Å². The Kier molecular flexibility index (Phi) is 5.09. The van der Waals surface area contributed by atoms with Crippen LogP contribution in [-0.2, 0) is 24.8 Å². The Morgan fingerprint density at radius 1 is 1.14 bits per heavy atom. The lowest BCUT2D eigenvalue weighted by molar-refractivity contribution is -0.127. The Morgan fingerprint density at radius 3 is 2.59 bits per heavy atom. The van der Waals surface area contributed by atoms with Crippen molar-refractivity contribution >= 4 is 22.8 Å². The van der Waals surface area contributed by atoms with Gasteiger partial charge in [-0.3, -0.25) is 9.59 Å². The van der Waals surface area contributed by atoms with Gasteiger partial charge in [-0.2, -0.15) is 0 Å². The van der Waals surface area contributed by atoms with Crippen molar-refractivity contribution in [2.24, 2.45) is 13.0 Å². The van der Waals surface area contributed by atoms with E-state index in [1.165, 1.54) is 0 Å². The maximum absolute atomic E-state index is 13.0. The molecule has 1 aliphatic heterocycles. The molecule has 0 fully saturated rings. The van der Waals surface area contributed by atoms with E-state index in [0.29, 0.717) is 25.1 Å². The van der Waals surface area contributed by atoms with Gasteiger partial charge < -0.3 is 14.8 Å². The molecule has 1 aliphatic rings. The van der Waals surface area contributed by atoms with E-state index in [2.05, 4.69) is 14.9 Å². The number of rotatable bonds is 6. The molecular weight excluding hydrogens is 364 g/mol. The molecule has 1 unspecified atom stereocenters. The average Bonchev–Trinajstić information content (AvgIpc) is 3.20. The fourth-order valence-corrected chi connectivity index (χ4v) is 4.13. The lowest BCUT2D eigenvalue weighted by atomic mass is 10.0. The van der Waals surface area contributed by atoms with Crippen molar-refractivity contribution in [1.82, 2.24) is 19.8 Å². The SMILES string of the molecule is CC(C)C(C(=O)NCCc1nc2ccccc2n1C)N1Cc2ccccc2C1=O. The molecular formula is C23H26N4O2. The predicted molar refractivity (Wildman–Crippen MR) is 112 cm³/mol. The molecule has 2 heterocycles. The molecule has 0 radical (unpaired) electrons. The van der Waals surface area contributed by atoms with Gasteiger partial charge in [0.1, 0.15) is 11.9 Å². The predicted octanol–water partition coefficient (Wildman–Crippen LogP) is 2.91. The number of hydrogen-bond donors (Lipinski definition) is 1. The van der Waals surface area contributed by atoms with Gasteiger partial charge in [0, 0.05) is 32.1 Å². The molecule has 150 valence electrons. The van der Waals surface area contributed by atoms with Crippen molar-refractivity contribution in [1.29, 1.82) is 0 Å². The molecule has 1 aromatic heterocycles. The fraction of sp³-hybridized carbons (Fsp3) is 0.348. The Hall–Kier alpha value is -3.15. The molecule has 0 saturated heterocycles. The van der Waals surface area contributed by atoms with E-state index in [-0.39, 0.29) is 17.7 Å². The summed E-state index contributed by atoms with van der Waals surface area (Å²) in [6, 6.07) is 15.1. The van der Waals surface area contributed by atoms with Crippen LogP contribution in [0.1, 0.15) is 35.6 Å². The highest BCUT2D eigenvalue weighted by atomic mass is 16.2. The molecule has 2 aromatic carbocycles. The molecule has 1 N–H and O–H groups in total. The first-order valence-electron chi connectivity index (χ1n) is 10.0. The third-order valence-electron chi connectivity index (χ3n) is 5.61. The second kappa shape index (κ2) is 7.70. The zero-order chi connectivity index (χ0) is 20.5. The monoisotopic (exact) mass is 390 g/mol. The van der Waals surface area contributed by atoms with Crippen LogP contribution in [0.15, 0.2) is 48.5 Å². The van der Waals surface area contributed by atoms with Crippen LogP contribution in [-0.4, -0.2) is 38.9 Å². The van der Waals surface area contributed by atoms with Gasteiger partial charge in [0.2, 0.25) is 5.91 Å². The Labute approximate surface area is 170 Å². The molecule has 6 heteroatoms. The molecule has 6 nitrogen and oxygen atoms in total. The number of imidazole rings is 1. The summed E-state index contributed by atoms with van der Waals surface area (Å²) in [5, 5.41) is 3.02. The van der Waals surface area contributed by atoms with Gasteiger partial charge in [-0.15, -0.1) is 0 Å². The largest absolute Gasteiger partial charge is 0.354 e. The van der Waals surface area contributed by atoms with E-state index >= 15 is 0 Å². The minimum Gasteiger partial charge on any atom is -0.354 e. The van der Waals surface area contributed by atoms with Crippen molar-refractivity contribution < 1.29 is 9.59 Å². The standard InChI is InChI=1S/C23H26N4O2/c1-15(2)21(27-14-16-8-4-5-9-17(16)23(27)29)22(28)24-13-12-20-25-18-10-6-7-11-19(18)26(20)3/h4-11,15,21H,12-14H2,1-3H3,(H,24,28). The van der Waals surface area contributed by atoms with Crippen molar-refractivity contribution in [2.45, 2.75) is 32.9 Å². The smallest absolute Gasteiger partial charge is 0.255 e. The topological polar surface area (TPSA) is 67.2 Å². The summed E-state index contributed by atoms with van der Waals surface area (Å²) in [4.78, 5) is 32.1. The van der Waals surface area contributed by atoms with Crippen LogP contribution in [0.3, 0.4) is 0 Å². The molecule has 1 atom stereocenters. The third kappa shape index (κ3) is 3.50. The van der Waals surface area contributed by atoms with Crippen molar-refractivity contribution in [3.05, 3.63) is 65.5 Å². The Bertz CT molecular complexity index is 1070. The van der Waals surface area contributed by atoms with Crippen LogP contribution in [0.25, 0.3) is 11.0 Å². The normalized spacial score (nSPS) is 14.5. The summed E-state index contributed by atoms with van der Waals surface area (Å²) >= 11 is 0. The maximum Gasteiger partial charge on any atom is 0.255 e. The number of carbonyl (C=O) groups excluding carboxylic acids is 2. The zero-order valence-corrected chi connectivity index (χ0v) is 17.1. The summed E-state index contributed by atoms with van der Waals surface area (Å²) in [7, 11) is 1.99. The minimum absolute atomic E-state index is 0.0176. The van der Waals surface area contributed by atoms with Gasteiger partial charge in [0.15, 0.2) is 0 Å². The van der Waals surface area contributed by atoms with Crippen LogP contribution < -0.4 is 5.32 Å². The van der Waals surface area contributed by atoms with Gasteiger partial charge in [0.05, 0.1) is 11.0 Å². The quantitative estimate of drug-likeness (QED) is 0.704. The number of aryl methyl sites for hydroxylation is 1. The van der Waals surface area contributed by atoms with E-state index in [1.54, 1.807) is 4.90 Å². The first kappa shape index (κ1) is 19.2. The number of nitrogens with zero attached hydrogens (tertiary/aromatic N) is 3. The lowest BCUT2D eigenvalue weighted by Crippen LogP contribution is -2.50. The highest BCUT2D eigenvalue weighted by Crippen LogP contribution is 2.27. The van der Waals surface area contributed by atoms with Gasteiger partial charge in [-0.25, -0.2) is 4.98 Å². The third-order valence-corrected chi connectivity index (χ3v) is 5.61. The number of hydrogen-bond acceptors (Lipinski definition) is 3. The van der Waals surface area contributed by atoms with E-state index < -0.39 is 6.04 Å². The fourth-order valence-electron chi connectivity index (χ4n) is 4.13. The Morgan fingerprint density at radius 2 is 1.86 bits per heavy atom. The molecule has 0 bridgehead atoms. The highest BCUT2D eigenvalue weighted by molar-refractivity contribution is 6.01. The number of carbonyl (C=O) groups is 2. The molecule has 0 spiro atoms. The second-order valence-electron chi connectivity index (χ2n) is 7.90. The van der Waals surface area contributed by atoms with E-state index in [0.717, 1.165) is 22.4 Å². The zero-order valence-electron chi connectivity index (χ0n) is 17.1. The van der Waals surface area contributed by atoms with Gasteiger partial charge in [-0.05, 0) is 29.7 Å². The number of nitrogens with one attached hydrogen (secondary N) is 1. The van der Waals surface area contributed by atoms with E-state index in [1.807, 2.05) is 69.4 Å². The van der Waals surface area contributed by atoms with Crippen LogP contribution in [0.5, 0.6) is 0 Å². The maximum atomic E-state index is 13.0. The first-order valence-corrected chi connectivity index (χ1v) is 10.0. The molecule has 3 aromatic rings. The summed E-state index contributed by atoms with van der Waals surface area (Å²) in [5.41, 5.74) is 3.72. The molecule has 0 saturated carbocycles. The van der Waals surface area contributed by atoms with Crippen LogP contribution >= 0.6 is 0 Å². The summed E-state index contributed by atoms with van der Waals surface area (Å²) in [5.74, 6) is 0.769. The molecule has 29 heavy (non-hydrogen) atoms. The van der Waals surface area contributed by atoms with Gasteiger partial charge in [0.25, 0.3) is 5.91 Å². The molecule has 4 rings (SSSR count).